The van der Waals surface area contributed by atoms with Crippen LogP contribution >= 0.6 is 12.4 Å². The third-order valence-electron chi connectivity index (χ3n) is 0.682. The first-order valence-electron chi connectivity index (χ1n) is 2.10. The molecule has 0 spiro atoms. The molecular formula is C4H11ClO2. The maximum Gasteiger partial charge on any atom is 0.0768 e. The van der Waals surface area contributed by atoms with E-state index < -0.39 is 6.10 Å². The van der Waals surface area contributed by atoms with E-state index in [2.05, 4.69) is 0 Å². The van der Waals surface area contributed by atoms with Crippen LogP contribution < -0.4 is 0 Å². The van der Waals surface area contributed by atoms with E-state index in [1.807, 2.05) is 6.92 Å². The maximum absolute atomic E-state index is 8.42. The molecule has 46 valence electrons. The average Bonchev–Trinajstić information content (AvgIpc) is 1.65. The van der Waals surface area contributed by atoms with Crippen molar-refractivity contribution in [1.82, 2.24) is 0 Å². The van der Waals surface area contributed by atoms with Crippen LogP contribution in [0.3, 0.4) is 0 Å². The molecule has 0 heterocycles. The normalized spacial score (nSPS) is 12.4. The molecule has 0 aliphatic rings. The summed E-state index contributed by atoms with van der Waals surface area (Å²) in [6.45, 7) is 1.71. The molecule has 0 rings (SSSR count). The molecule has 2 N–H and O–H groups in total. The van der Waals surface area contributed by atoms with Gasteiger partial charge in [0.1, 0.15) is 0 Å². The highest BCUT2D eigenvalue weighted by molar-refractivity contribution is 5.85. The smallest absolute Gasteiger partial charge is 0.0768 e. The van der Waals surface area contributed by atoms with Crippen LogP contribution in [0.1, 0.15) is 13.3 Å². The number of aliphatic hydroxyl groups excluding tert-OH is 2. The van der Waals surface area contributed by atoms with Gasteiger partial charge in [0.15, 0.2) is 0 Å². The largest absolute Gasteiger partial charge is 0.394 e. The van der Waals surface area contributed by atoms with E-state index in [-0.39, 0.29) is 19.0 Å². The fraction of sp³-hybridized carbons (Fsp3) is 1.00. The molecule has 7 heavy (non-hydrogen) atoms. The summed E-state index contributed by atoms with van der Waals surface area (Å²) in [6.07, 6.45) is 0.126. The predicted molar refractivity (Wildman–Crippen MR) is 30.6 cm³/mol. The van der Waals surface area contributed by atoms with Crippen molar-refractivity contribution >= 4 is 12.4 Å². The third-order valence-corrected chi connectivity index (χ3v) is 0.682. The molecule has 0 aromatic rings. The lowest BCUT2D eigenvalue weighted by Gasteiger charge is -1.97. The van der Waals surface area contributed by atoms with Crippen LogP contribution in [-0.4, -0.2) is 22.9 Å². The van der Waals surface area contributed by atoms with Crippen LogP contribution in [0.25, 0.3) is 0 Å². The minimum Gasteiger partial charge on any atom is -0.394 e. The third kappa shape index (κ3) is 6.21. The highest BCUT2D eigenvalue weighted by Crippen LogP contribution is 1.83. The Morgan fingerprint density at radius 3 is 2.00 bits per heavy atom. The number of hydrogen-bond donors (Lipinski definition) is 2. The van der Waals surface area contributed by atoms with Gasteiger partial charge in [-0.1, -0.05) is 6.92 Å². The summed E-state index contributed by atoms with van der Waals surface area (Å²) in [7, 11) is 0. The van der Waals surface area contributed by atoms with E-state index in [1.165, 1.54) is 0 Å². The van der Waals surface area contributed by atoms with E-state index in [4.69, 9.17) is 10.2 Å². The summed E-state index contributed by atoms with van der Waals surface area (Å²) in [4.78, 5) is 0. The molecule has 1 unspecified atom stereocenters. The van der Waals surface area contributed by atoms with Crippen molar-refractivity contribution in [2.24, 2.45) is 0 Å². The molecule has 0 fully saturated rings. The zero-order valence-electron chi connectivity index (χ0n) is 4.29. The van der Waals surface area contributed by atoms with Crippen LogP contribution in [0.5, 0.6) is 0 Å². The lowest BCUT2D eigenvalue weighted by Crippen LogP contribution is -2.08. The molecule has 0 bridgehead atoms. The standard InChI is InChI=1S/C4H10O2.ClH/c1-2-4(6)3-5;/h4-6H,2-3H2,1H3;1H. The molecule has 3 heteroatoms. The van der Waals surface area contributed by atoms with Gasteiger partial charge in [-0.2, -0.15) is 0 Å². The Kier molecular flexibility index (Phi) is 9.09. The molecule has 2 nitrogen and oxygen atoms in total. The van der Waals surface area contributed by atoms with Crippen LogP contribution in [0.15, 0.2) is 0 Å². The Bertz CT molecular complexity index is 28.9. The summed E-state index contributed by atoms with van der Waals surface area (Å²) in [6, 6.07) is 0. The van der Waals surface area contributed by atoms with Gasteiger partial charge in [0, 0.05) is 0 Å². The second-order valence-electron chi connectivity index (χ2n) is 1.24. The first kappa shape index (κ1) is 10.2. The highest BCUT2D eigenvalue weighted by Gasteiger charge is 1.92. The monoisotopic (exact) mass is 126 g/mol. The van der Waals surface area contributed by atoms with E-state index in [9.17, 15) is 0 Å². The van der Waals surface area contributed by atoms with E-state index in [0.29, 0.717) is 6.42 Å². The summed E-state index contributed by atoms with van der Waals surface area (Å²) < 4.78 is 0. The van der Waals surface area contributed by atoms with Crippen LogP contribution in [0, 0.1) is 0 Å². The number of halogens is 1. The van der Waals surface area contributed by atoms with E-state index >= 15 is 0 Å². The zero-order chi connectivity index (χ0) is 4.99. The lowest BCUT2D eigenvalue weighted by molar-refractivity contribution is 0.0923. The average molecular weight is 127 g/mol. The quantitative estimate of drug-likeness (QED) is 0.554. The molecule has 0 aliphatic heterocycles. The first-order chi connectivity index (χ1) is 2.81. The topological polar surface area (TPSA) is 40.5 Å². The molecule has 0 radical (unpaired) electrons. The van der Waals surface area contributed by atoms with Crippen LogP contribution in [0.2, 0.25) is 0 Å². The van der Waals surface area contributed by atoms with Crippen LogP contribution in [0.4, 0.5) is 0 Å². The second-order valence-corrected chi connectivity index (χ2v) is 1.24. The molecule has 1 atom stereocenters. The molecule has 0 aromatic carbocycles. The van der Waals surface area contributed by atoms with E-state index in [0.717, 1.165) is 0 Å². The van der Waals surface area contributed by atoms with Crippen molar-refractivity contribution in [1.29, 1.82) is 0 Å². The van der Waals surface area contributed by atoms with Gasteiger partial charge in [0.25, 0.3) is 0 Å². The van der Waals surface area contributed by atoms with Gasteiger partial charge in [0.2, 0.25) is 0 Å². The molecule has 0 amide bonds. The summed E-state index contributed by atoms with van der Waals surface area (Å²) in [5.74, 6) is 0. The number of aliphatic hydroxyl groups is 2. The maximum atomic E-state index is 8.42. The number of hydrogen-bond acceptors (Lipinski definition) is 2. The second kappa shape index (κ2) is 6.21. The lowest BCUT2D eigenvalue weighted by atomic mass is 10.3. The fourth-order valence-electron chi connectivity index (χ4n) is 0.129. The van der Waals surface area contributed by atoms with E-state index in [1.54, 1.807) is 0 Å². The Balaban J connectivity index is 0. The zero-order valence-corrected chi connectivity index (χ0v) is 5.11. The minimum atomic E-state index is -0.509. The van der Waals surface area contributed by atoms with Gasteiger partial charge in [-0.15, -0.1) is 12.4 Å². The van der Waals surface area contributed by atoms with Gasteiger partial charge in [-0.05, 0) is 6.42 Å². The first-order valence-corrected chi connectivity index (χ1v) is 2.10. The SMILES string of the molecule is CCC(O)CO.Cl. The Morgan fingerprint density at radius 1 is 1.57 bits per heavy atom. The summed E-state index contributed by atoms with van der Waals surface area (Å²) in [5, 5.41) is 16.5. The van der Waals surface area contributed by atoms with Gasteiger partial charge >= 0.3 is 0 Å². The van der Waals surface area contributed by atoms with Crippen molar-refractivity contribution in [3.05, 3.63) is 0 Å². The van der Waals surface area contributed by atoms with Crippen LogP contribution in [-0.2, 0) is 0 Å². The Morgan fingerprint density at radius 2 is 2.00 bits per heavy atom. The Labute approximate surface area is 49.6 Å². The molecule has 0 saturated carbocycles. The molecule has 0 aliphatic carbocycles. The van der Waals surface area contributed by atoms with Gasteiger partial charge in [0.05, 0.1) is 12.7 Å². The van der Waals surface area contributed by atoms with Crippen molar-refractivity contribution < 1.29 is 10.2 Å². The minimum absolute atomic E-state index is 0. The highest BCUT2D eigenvalue weighted by atomic mass is 35.5. The van der Waals surface area contributed by atoms with Gasteiger partial charge < -0.3 is 10.2 Å². The van der Waals surface area contributed by atoms with Crippen molar-refractivity contribution in [3.8, 4) is 0 Å². The van der Waals surface area contributed by atoms with Crippen molar-refractivity contribution in [2.45, 2.75) is 19.4 Å². The number of rotatable bonds is 2. The van der Waals surface area contributed by atoms with Crippen molar-refractivity contribution in [2.75, 3.05) is 6.61 Å². The van der Waals surface area contributed by atoms with Crippen molar-refractivity contribution in [3.63, 3.8) is 0 Å². The fourth-order valence-corrected chi connectivity index (χ4v) is 0.129. The molecular weight excluding hydrogens is 115 g/mol. The van der Waals surface area contributed by atoms with Gasteiger partial charge in [-0.25, -0.2) is 0 Å². The predicted octanol–water partition coefficient (Wildman–Crippen LogP) is 0.171. The Hall–Kier alpha value is 0.210. The molecule has 0 saturated heterocycles. The molecule has 0 aromatic heterocycles. The summed E-state index contributed by atoms with van der Waals surface area (Å²) in [5.41, 5.74) is 0. The van der Waals surface area contributed by atoms with Gasteiger partial charge in [-0.3, -0.25) is 0 Å². The summed E-state index contributed by atoms with van der Waals surface area (Å²) >= 11 is 0.